The van der Waals surface area contributed by atoms with Gasteiger partial charge in [-0.15, -0.1) is 0 Å². The van der Waals surface area contributed by atoms with Crippen LogP contribution in [0.2, 0.25) is 0 Å². The lowest BCUT2D eigenvalue weighted by molar-refractivity contribution is -0.122. The average Bonchev–Trinajstić information content (AvgIpc) is 2.28. The minimum Gasteiger partial charge on any atom is -0.369 e. The van der Waals surface area contributed by atoms with Gasteiger partial charge in [0.15, 0.2) is 0 Å². The molecule has 2 N–H and O–H groups in total. The van der Waals surface area contributed by atoms with Gasteiger partial charge in [-0.05, 0) is 18.8 Å². The summed E-state index contributed by atoms with van der Waals surface area (Å²) in [5.41, 5.74) is 5.07. The Morgan fingerprint density at radius 1 is 1.12 bits per heavy atom. The van der Waals surface area contributed by atoms with E-state index in [-0.39, 0.29) is 11.8 Å². The second kappa shape index (κ2) is 15.1. The Kier molecular flexibility index (Phi) is 19.1. The zero-order valence-electron chi connectivity index (χ0n) is 12.6. The van der Waals surface area contributed by atoms with Gasteiger partial charge in [-0.25, -0.2) is 0 Å². The van der Waals surface area contributed by atoms with E-state index in [9.17, 15) is 4.79 Å². The Bertz CT molecular complexity index is 179. The Morgan fingerprint density at radius 3 is 1.47 bits per heavy atom. The Hall–Kier alpha value is -0.860. The van der Waals surface area contributed by atoms with E-state index in [2.05, 4.69) is 27.7 Å². The molecule has 1 unspecified atom stereocenters. The molecule has 3 heteroatoms. The molecular formula is C14H31NO2. The van der Waals surface area contributed by atoms with E-state index in [1.165, 1.54) is 13.3 Å². The third kappa shape index (κ3) is 21.1. The molecule has 0 saturated carbocycles. The van der Waals surface area contributed by atoms with Gasteiger partial charge >= 0.3 is 0 Å². The highest BCUT2D eigenvalue weighted by molar-refractivity contribution is 5.76. The van der Waals surface area contributed by atoms with Gasteiger partial charge in [0.2, 0.25) is 5.91 Å². The van der Waals surface area contributed by atoms with Crippen LogP contribution in [-0.4, -0.2) is 12.2 Å². The van der Waals surface area contributed by atoms with Crippen LogP contribution in [0, 0.1) is 17.8 Å². The fourth-order valence-electron chi connectivity index (χ4n) is 0.634. The number of primary amides is 1. The van der Waals surface area contributed by atoms with Crippen molar-refractivity contribution in [2.75, 3.05) is 0 Å². The third-order valence-electron chi connectivity index (χ3n) is 2.76. The summed E-state index contributed by atoms with van der Waals surface area (Å²) in [5, 5.41) is 0. The van der Waals surface area contributed by atoms with E-state index in [1.54, 1.807) is 0 Å². The van der Waals surface area contributed by atoms with Crippen molar-refractivity contribution in [3.05, 3.63) is 0 Å². The Morgan fingerprint density at radius 2 is 1.41 bits per heavy atom. The molecule has 0 aromatic rings. The van der Waals surface area contributed by atoms with Gasteiger partial charge in [-0.2, -0.15) is 0 Å². The molecule has 0 heterocycles. The minimum atomic E-state index is -0.190. The van der Waals surface area contributed by atoms with Crippen LogP contribution in [0.4, 0.5) is 0 Å². The molecule has 104 valence electrons. The van der Waals surface area contributed by atoms with Crippen LogP contribution in [-0.2, 0) is 9.59 Å². The Labute approximate surface area is 107 Å². The number of carbonyl (C=O) groups excluding carboxylic acids is 2. The van der Waals surface area contributed by atoms with Crippen LogP contribution in [0.15, 0.2) is 0 Å². The zero-order valence-corrected chi connectivity index (χ0v) is 12.6. The van der Waals surface area contributed by atoms with Crippen molar-refractivity contribution in [1.82, 2.24) is 0 Å². The van der Waals surface area contributed by atoms with Crippen molar-refractivity contribution in [3.8, 4) is 0 Å². The van der Waals surface area contributed by atoms with Crippen LogP contribution in [0.1, 0.15) is 61.3 Å². The Balaban J connectivity index is -0.000000207. The van der Waals surface area contributed by atoms with Crippen molar-refractivity contribution >= 4 is 12.2 Å². The molecule has 17 heavy (non-hydrogen) atoms. The summed E-state index contributed by atoms with van der Waals surface area (Å²) in [4.78, 5) is 19.3. The summed E-state index contributed by atoms with van der Waals surface area (Å²) in [5.74, 6) is 1.14. The smallest absolute Gasteiger partial charge is 0.220 e. The topological polar surface area (TPSA) is 60.2 Å². The molecule has 2 atom stereocenters. The monoisotopic (exact) mass is 245 g/mol. The van der Waals surface area contributed by atoms with Gasteiger partial charge in [0.25, 0.3) is 0 Å². The van der Waals surface area contributed by atoms with Crippen LogP contribution >= 0.6 is 0 Å². The molecule has 0 spiro atoms. The van der Waals surface area contributed by atoms with E-state index in [0.717, 1.165) is 18.6 Å². The first-order chi connectivity index (χ1) is 7.78. The lowest BCUT2D eigenvalue weighted by Gasteiger charge is -2.13. The van der Waals surface area contributed by atoms with E-state index < -0.39 is 0 Å². The number of hydrogen-bond acceptors (Lipinski definition) is 2. The first-order valence-corrected chi connectivity index (χ1v) is 6.47. The molecule has 0 fully saturated rings. The van der Waals surface area contributed by atoms with Crippen LogP contribution in [0.3, 0.4) is 0 Å². The van der Waals surface area contributed by atoms with Crippen LogP contribution in [0.25, 0.3) is 0 Å². The van der Waals surface area contributed by atoms with Gasteiger partial charge in [-0.1, -0.05) is 54.4 Å². The van der Waals surface area contributed by atoms with Gasteiger partial charge in [0.1, 0.15) is 6.29 Å². The molecule has 0 bridgehead atoms. The van der Waals surface area contributed by atoms with Crippen molar-refractivity contribution in [1.29, 1.82) is 0 Å². The molecule has 0 aliphatic rings. The number of hydrogen-bond donors (Lipinski definition) is 1. The molecule has 1 amide bonds. The largest absolute Gasteiger partial charge is 0.369 e. The predicted octanol–water partition coefficient (Wildman–Crippen LogP) is 3.41. The first kappa shape index (κ1) is 21.4. The maximum absolute atomic E-state index is 10.5. The molecule has 0 aliphatic carbocycles. The highest BCUT2D eigenvalue weighted by Gasteiger charge is 2.14. The summed E-state index contributed by atoms with van der Waals surface area (Å²) >= 11 is 0. The quantitative estimate of drug-likeness (QED) is 0.771. The second-order valence-corrected chi connectivity index (χ2v) is 4.61. The minimum absolute atomic E-state index is 0.0231. The summed E-state index contributed by atoms with van der Waals surface area (Å²) in [6.45, 7) is 14.1. The fraction of sp³-hybridized carbons (Fsp3) is 0.857. The standard InChI is InChI=1S/C7H15NO.C5H12.C2H4O/c1-4-5(2)6(3)7(8)9;1-4-5(2)3;1-2-3/h5-6H,4H2,1-3H3,(H2,8,9);5H,4H2,1-3H3;2H,1H3/t5-,6?;;/m0../s1. The summed E-state index contributed by atoms with van der Waals surface area (Å²) in [6.07, 6.45) is 3.07. The third-order valence-corrected chi connectivity index (χ3v) is 2.76. The van der Waals surface area contributed by atoms with E-state index in [4.69, 9.17) is 10.5 Å². The van der Waals surface area contributed by atoms with Crippen LogP contribution < -0.4 is 5.73 Å². The molecule has 3 nitrogen and oxygen atoms in total. The number of aldehydes is 1. The first-order valence-electron chi connectivity index (χ1n) is 6.47. The fourth-order valence-corrected chi connectivity index (χ4v) is 0.634. The molecule has 0 aromatic heterocycles. The van der Waals surface area contributed by atoms with Crippen molar-refractivity contribution in [3.63, 3.8) is 0 Å². The average molecular weight is 245 g/mol. The van der Waals surface area contributed by atoms with E-state index >= 15 is 0 Å². The van der Waals surface area contributed by atoms with Gasteiger partial charge in [0.05, 0.1) is 0 Å². The number of nitrogens with two attached hydrogens (primary N) is 1. The maximum atomic E-state index is 10.5. The number of rotatable bonds is 4. The van der Waals surface area contributed by atoms with Crippen LogP contribution in [0.5, 0.6) is 0 Å². The highest BCUT2D eigenvalue weighted by Crippen LogP contribution is 2.12. The van der Waals surface area contributed by atoms with Gasteiger partial charge < -0.3 is 10.5 Å². The summed E-state index contributed by atoms with van der Waals surface area (Å²) < 4.78 is 0. The zero-order chi connectivity index (χ0) is 14.4. The number of amides is 1. The van der Waals surface area contributed by atoms with Gasteiger partial charge in [-0.3, -0.25) is 4.79 Å². The molecule has 0 aliphatic heterocycles. The molecule has 0 radical (unpaired) electrons. The molecular weight excluding hydrogens is 214 g/mol. The van der Waals surface area contributed by atoms with Crippen molar-refractivity contribution < 1.29 is 9.59 Å². The molecule has 0 aromatic carbocycles. The molecule has 0 saturated heterocycles. The highest BCUT2D eigenvalue weighted by atomic mass is 16.1. The van der Waals surface area contributed by atoms with Crippen molar-refractivity contribution in [2.24, 2.45) is 23.5 Å². The van der Waals surface area contributed by atoms with E-state index in [1.807, 2.05) is 13.8 Å². The predicted molar refractivity (Wildman–Crippen MR) is 74.7 cm³/mol. The maximum Gasteiger partial charge on any atom is 0.220 e. The second-order valence-electron chi connectivity index (χ2n) is 4.61. The normalized spacial score (nSPS) is 12.5. The van der Waals surface area contributed by atoms with E-state index in [0.29, 0.717) is 5.92 Å². The van der Waals surface area contributed by atoms with Crippen molar-refractivity contribution in [2.45, 2.75) is 61.3 Å². The summed E-state index contributed by atoms with van der Waals surface area (Å²) in [7, 11) is 0. The lowest BCUT2D eigenvalue weighted by Crippen LogP contribution is -2.25. The molecule has 0 rings (SSSR count). The van der Waals surface area contributed by atoms with Gasteiger partial charge in [0, 0.05) is 5.92 Å². The SMILES string of the molecule is CC=O.CCC(C)C.CC[C@H](C)C(C)C(N)=O. The number of carbonyl (C=O) groups is 2. The summed E-state index contributed by atoms with van der Waals surface area (Å²) in [6, 6.07) is 0. The lowest BCUT2D eigenvalue weighted by atomic mass is 9.93.